The highest BCUT2D eigenvalue weighted by Crippen LogP contribution is 2.35. The molecule has 0 bridgehead atoms. The molecule has 3 heterocycles. The van der Waals surface area contributed by atoms with Gasteiger partial charge in [0.1, 0.15) is 11.6 Å². The molecule has 0 saturated carbocycles. The van der Waals surface area contributed by atoms with Crippen molar-refractivity contribution in [1.82, 2.24) is 25.3 Å². The number of hydrogen-bond donors (Lipinski definition) is 1. The predicted molar refractivity (Wildman–Crippen MR) is 91.8 cm³/mol. The maximum Gasteiger partial charge on any atom is 0.200 e. The zero-order valence-electron chi connectivity index (χ0n) is 14.1. The van der Waals surface area contributed by atoms with Crippen molar-refractivity contribution in [1.29, 1.82) is 0 Å². The lowest BCUT2D eigenvalue weighted by molar-refractivity contribution is 0.0543. The molecule has 0 atom stereocenters. The fourth-order valence-electron chi connectivity index (χ4n) is 3.28. The Morgan fingerprint density at radius 3 is 2.72 bits per heavy atom. The summed E-state index contributed by atoms with van der Waals surface area (Å²) in [6, 6.07) is 12.1. The molecule has 0 spiro atoms. The van der Waals surface area contributed by atoms with E-state index in [-0.39, 0.29) is 5.41 Å². The Hall–Kier alpha value is -2.74. The Labute approximate surface area is 145 Å². The zero-order chi connectivity index (χ0) is 17.1. The smallest absolute Gasteiger partial charge is 0.200 e. The first kappa shape index (κ1) is 15.8. The maximum absolute atomic E-state index is 5.59. The normalized spacial score (nSPS) is 16.7. The summed E-state index contributed by atoms with van der Waals surface area (Å²) in [4.78, 5) is 0. The van der Waals surface area contributed by atoms with Crippen LogP contribution in [0.4, 0.5) is 5.82 Å². The lowest BCUT2D eigenvalue weighted by atomic mass is 9.74. The highest BCUT2D eigenvalue weighted by Gasteiger charge is 2.34. The van der Waals surface area contributed by atoms with E-state index in [4.69, 9.17) is 9.47 Å². The van der Waals surface area contributed by atoms with Crippen molar-refractivity contribution in [3.8, 4) is 5.75 Å². The van der Waals surface area contributed by atoms with E-state index in [2.05, 4.69) is 38.1 Å². The number of nitrogens with zero attached hydrogens (tertiary/aromatic N) is 5. The van der Waals surface area contributed by atoms with Crippen LogP contribution in [0.1, 0.15) is 18.4 Å². The summed E-state index contributed by atoms with van der Waals surface area (Å²) in [5.74, 6) is 1.61. The molecule has 130 valence electrons. The minimum atomic E-state index is 0.00176. The summed E-state index contributed by atoms with van der Waals surface area (Å²) in [6.45, 7) is 2.28. The van der Waals surface area contributed by atoms with Gasteiger partial charge in [-0.05, 0) is 53.1 Å². The summed E-state index contributed by atoms with van der Waals surface area (Å²) in [6.07, 6.45) is 1.92. The maximum atomic E-state index is 5.59. The van der Waals surface area contributed by atoms with E-state index in [0.29, 0.717) is 5.65 Å². The third kappa shape index (κ3) is 3.12. The Balaban J connectivity index is 1.57. The lowest BCUT2D eigenvalue weighted by Gasteiger charge is -2.38. The number of hydrogen-bond acceptors (Lipinski definition) is 7. The highest BCUT2D eigenvalue weighted by atomic mass is 16.5. The Kier molecular flexibility index (Phi) is 4.19. The van der Waals surface area contributed by atoms with E-state index in [1.165, 1.54) is 10.2 Å². The number of tetrazole rings is 1. The van der Waals surface area contributed by atoms with Crippen LogP contribution in [-0.4, -0.2) is 52.1 Å². The van der Waals surface area contributed by atoms with Gasteiger partial charge in [-0.25, -0.2) is 0 Å². The molecule has 0 aliphatic carbocycles. The molecule has 25 heavy (non-hydrogen) atoms. The van der Waals surface area contributed by atoms with Crippen LogP contribution < -0.4 is 10.1 Å². The second kappa shape index (κ2) is 6.64. The van der Waals surface area contributed by atoms with Crippen molar-refractivity contribution < 1.29 is 9.47 Å². The number of fused-ring (bicyclic) bond motifs is 1. The van der Waals surface area contributed by atoms with Gasteiger partial charge in [-0.1, -0.05) is 12.1 Å². The molecular formula is C17H20N6O2. The summed E-state index contributed by atoms with van der Waals surface area (Å²) >= 11 is 0. The zero-order valence-corrected chi connectivity index (χ0v) is 14.1. The minimum absolute atomic E-state index is 0.00176. The van der Waals surface area contributed by atoms with E-state index in [1.807, 2.05) is 24.3 Å². The number of ether oxygens (including phenoxy) is 2. The van der Waals surface area contributed by atoms with E-state index in [1.54, 1.807) is 7.11 Å². The molecule has 0 unspecified atom stereocenters. The molecular weight excluding hydrogens is 320 g/mol. The second-order valence-electron chi connectivity index (χ2n) is 6.22. The van der Waals surface area contributed by atoms with Crippen molar-refractivity contribution in [3.05, 3.63) is 42.0 Å². The molecule has 1 saturated heterocycles. The highest BCUT2D eigenvalue weighted by molar-refractivity contribution is 5.43. The SMILES string of the molecule is COc1ccc(C2(CNc3ccc4nnnn4n3)CCOCC2)cc1. The number of nitrogens with one attached hydrogen (secondary N) is 1. The molecule has 1 aliphatic rings. The van der Waals surface area contributed by atoms with Gasteiger partial charge in [0.15, 0.2) is 5.65 Å². The van der Waals surface area contributed by atoms with E-state index in [9.17, 15) is 0 Å². The van der Waals surface area contributed by atoms with Crippen molar-refractivity contribution in [2.45, 2.75) is 18.3 Å². The van der Waals surface area contributed by atoms with E-state index >= 15 is 0 Å². The second-order valence-corrected chi connectivity index (χ2v) is 6.22. The fourth-order valence-corrected chi connectivity index (χ4v) is 3.28. The molecule has 4 rings (SSSR count). The number of anilines is 1. The summed E-state index contributed by atoms with van der Waals surface area (Å²) in [7, 11) is 1.68. The van der Waals surface area contributed by atoms with Gasteiger partial charge < -0.3 is 14.8 Å². The van der Waals surface area contributed by atoms with Gasteiger partial charge in [-0.15, -0.1) is 14.8 Å². The van der Waals surface area contributed by atoms with Crippen molar-refractivity contribution in [2.75, 3.05) is 32.2 Å². The Bertz CT molecular complexity index is 842. The van der Waals surface area contributed by atoms with Crippen LogP contribution in [0.3, 0.4) is 0 Å². The number of benzene rings is 1. The van der Waals surface area contributed by atoms with Gasteiger partial charge in [0.25, 0.3) is 0 Å². The molecule has 1 aromatic carbocycles. The Morgan fingerprint density at radius 2 is 1.96 bits per heavy atom. The molecule has 2 aromatic heterocycles. The molecule has 8 heteroatoms. The minimum Gasteiger partial charge on any atom is -0.497 e. The summed E-state index contributed by atoms with van der Waals surface area (Å²) < 4.78 is 12.3. The summed E-state index contributed by atoms with van der Waals surface area (Å²) in [5, 5.41) is 19.2. The summed E-state index contributed by atoms with van der Waals surface area (Å²) in [5.41, 5.74) is 1.91. The van der Waals surface area contributed by atoms with Crippen molar-refractivity contribution in [3.63, 3.8) is 0 Å². The van der Waals surface area contributed by atoms with Crippen LogP contribution >= 0.6 is 0 Å². The van der Waals surface area contributed by atoms with Gasteiger partial charge in [-0.2, -0.15) is 0 Å². The van der Waals surface area contributed by atoms with Gasteiger partial charge in [0.2, 0.25) is 0 Å². The van der Waals surface area contributed by atoms with Crippen LogP contribution in [0, 0.1) is 0 Å². The lowest BCUT2D eigenvalue weighted by Crippen LogP contribution is -2.40. The first-order chi connectivity index (χ1) is 12.3. The molecule has 0 radical (unpaired) electrons. The topological polar surface area (TPSA) is 86.5 Å². The first-order valence-electron chi connectivity index (χ1n) is 8.31. The predicted octanol–water partition coefficient (Wildman–Crippen LogP) is 1.69. The molecule has 8 nitrogen and oxygen atoms in total. The van der Waals surface area contributed by atoms with E-state index < -0.39 is 0 Å². The first-order valence-corrected chi connectivity index (χ1v) is 8.31. The number of rotatable bonds is 5. The third-order valence-corrected chi connectivity index (χ3v) is 4.83. The van der Waals surface area contributed by atoms with Gasteiger partial charge >= 0.3 is 0 Å². The van der Waals surface area contributed by atoms with Gasteiger partial charge in [0.05, 0.1) is 7.11 Å². The van der Waals surface area contributed by atoms with Crippen LogP contribution in [0.25, 0.3) is 5.65 Å². The standard InChI is InChI=1S/C17H20N6O2/c1-24-14-4-2-13(3-5-14)17(8-10-25-11-9-17)12-18-15-6-7-16-19-21-22-23(16)20-15/h2-7H,8-12H2,1H3,(H,18,20). The number of aromatic nitrogens is 5. The van der Waals surface area contributed by atoms with Crippen LogP contribution in [0.15, 0.2) is 36.4 Å². The van der Waals surface area contributed by atoms with Crippen LogP contribution in [0.5, 0.6) is 5.75 Å². The largest absolute Gasteiger partial charge is 0.497 e. The fraction of sp³-hybridized carbons (Fsp3) is 0.412. The Morgan fingerprint density at radius 1 is 1.16 bits per heavy atom. The third-order valence-electron chi connectivity index (χ3n) is 4.83. The van der Waals surface area contributed by atoms with Gasteiger partial charge in [-0.3, -0.25) is 0 Å². The monoisotopic (exact) mass is 340 g/mol. The van der Waals surface area contributed by atoms with Crippen molar-refractivity contribution in [2.24, 2.45) is 0 Å². The number of methoxy groups -OCH3 is 1. The molecule has 0 amide bonds. The van der Waals surface area contributed by atoms with Crippen molar-refractivity contribution >= 4 is 11.5 Å². The van der Waals surface area contributed by atoms with Crippen LogP contribution in [-0.2, 0) is 10.2 Å². The molecule has 1 fully saturated rings. The molecule has 1 N–H and O–H groups in total. The van der Waals surface area contributed by atoms with E-state index in [0.717, 1.165) is 44.2 Å². The molecule has 3 aromatic rings. The average Bonchev–Trinajstić information content (AvgIpc) is 3.15. The molecule has 1 aliphatic heterocycles. The van der Waals surface area contributed by atoms with Gasteiger partial charge in [0, 0.05) is 25.2 Å². The quantitative estimate of drug-likeness (QED) is 0.756. The average molecular weight is 340 g/mol. The van der Waals surface area contributed by atoms with Crippen LogP contribution in [0.2, 0.25) is 0 Å².